The number of halogens is 1. The standard InChI is InChI=1S/C7H14NO.CH2I.Zn/c1-4-7(9)8(5-2)6-3;1-2;/h1,4-6H2,2-3H3;1H2;/q2*-1;+2. The van der Waals surface area contributed by atoms with Crippen LogP contribution in [0.5, 0.6) is 0 Å². The van der Waals surface area contributed by atoms with Gasteiger partial charge in [0.1, 0.15) is 0 Å². The first-order valence-corrected chi connectivity index (χ1v) is 5.12. The first-order valence-electron chi connectivity index (χ1n) is 3.60. The van der Waals surface area contributed by atoms with Crippen LogP contribution in [0, 0.1) is 11.9 Å². The summed E-state index contributed by atoms with van der Waals surface area (Å²) in [6.45, 7) is 9.04. The Morgan fingerprint density at radius 2 is 1.67 bits per heavy atom. The van der Waals surface area contributed by atoms with E-state index in [1.807, 2.05) is 36.4 Å². The molecule has 0 fully saturated rings. The second-order valence-corrected chi connectivity index (χ2v) is 1.82. The van der Waals surface area contributed by atoms with Gasteiger partial charge in [0.25, 0.3) is 0 Å². The van der Waals surface area contributed by atoms with E-state index in [4.69, 9.17) is 0 Å². The third-order valence-corrected chi connectivity index (χ3v) is 1.33. The maximum Gasteiger partial charge on any atom is 2.00 e. The van der Waals surface area contributed by atoms with Crippen molar-refractivity contribution in [2.24, 2.45) is 0 Å². The summed E-state index contributed by atoms with van der Waals surface area (Å²) in [5.74, 6) is 0.139. The third-order valence-electron chi connectivity index (χ3n) is 1.33. The zero-order valence-corrected chi connectivity index (χ0v) is 13.1. The molecule has 0 saturated heterocycles. The quantitative estimate of drug-likeness (QED) is 0.440. The molecule has 68 valence electrons. The minimum Gasteiger partial charge on any atom is -0.345 e. The first-order chi connectivity index (χ1) is 5.26. The van der Waals surface area contributed by atoms with Crippen LogP contribution in [0.2, 0.25) is 0 Å². The van der Waals surface area contributed by atoms with Gasteiger partial charge in [-0.2, -0.15) is 0 Å². The largest absolute Gasteiger partial charge is 2.00 e. The van der Waals surface area contributed by atoms with Crippen LogP contribution in [0.3, 0.4) is 0 Å². The van der Waals surface area contributed by atoms with E-state index in [0.29, 0.717) is 6.42 Å². The molecule has 0 aromatic heterocycles. The predicted molar refractivity (Wildman–Crippen MR) is 57.3 cm³/mol. The van der Waals surface area contributed by atoms with Gasteiger partial charge < -0.3 is 34.4 Å². The fraction of sp³-hybridized carbons (Fsp3) is 0.625. The summed E-state index contributed by atoms with van der Waals surface area (Å²) >= 11 is 1.90. The summed E-state index contributed by atoms with van der Waals surface area (Å²) < 4.78 is 0. The van der Waals surface area contributed by atoms with E-state index in [0.717, 1.165) is 13.1 Å². The van der Waals surface area contributed by atoms with E-state index in [-0.39, 0.29) is 25.4 Å². The van der Waals surface area contributed by atoms with E-state index in [1.165, 1.54) is 0 Å². The average molecular weight is 335 g/mol. The normalized spacial score (nSPS) is 7.42. The maximum atomic E-state index is 10.8. The van der Waals surface area contributed by atoms with Gasteiger partial charge in [-0.1, -0.05) is 0 Å². The van der Waals surface area contributed by atoms with Crippen molar-refractivity contribution in [1.29, 1.82) is 0 Å². The second-order valence-electron chi connectivity index (χ2n) is 1.82. The van der Waals surface area contributed by atoms with Gasteiger partial charge in [-0.15, -0.1) is 6.42 Å². The molecule has 0 aliphatic carbocycles. The fourth-order valence-corrected chi connectivity index (χ4v) is 0.734. The fourth-order valence-electron chi connectivity index (χ4n) is 0.734. The van der Waals surface area contributed by atoms with Gasteiger partial charge in [0.05, 0.1) is 0 Å². The minimum atomic E-state index is 0. The molecule has 2 nitrogen and oxygen atoms in total. The molecule has 12 heavy (non-hydrogen) atoms. The summed E-state index contributed by atoms with van der Waals surface area (Å²) in [4.78, 5) is 15.8. The van der Waals surface area contributed by atoms with Crippen LogP contribution in [0.4, 0.5) is 0 Å². The van der Waals surface area contributed by atoms with Crippen LogP contribution >= 0.6 is 22.6 Å². The molecule has 0 N–H and O–H groups in total. The van der Waals surface area contributed by atoms with Gasteiger partial charge in [0.2, 0.25) is 0 Å². The van der Waals surface area contributed by atoms with E-state index in [2.05, 4.69) is 11.9 Å². The van der Waals surface area contributed by atoms with Crippen molar-refractivity contribution in [2.45, 2.75) is 20.3 Å². The van der Waals surface area contributed by atoms with Gasteiger partial charge >= 0.3 is 19.5 Å². The number of hydrogen-bond acceptors (Lipinski definition) is 1. The van der Waals surface area contributed by atoms with Gasteiger partial charge in [-0.3, -0.25) is 9.73 Å². The Morgan fingerprint density at radius 1 is 1.33 bits per heavy atom. The van der Waals surface area contributed by atoms with Crippen molar-refractivity contribution in [3.8, 4) is 0 Å². The summed E-state index contributed by atoms with van der Waals surface area (Å²) in [6.07, 6.45) is 0.377. The molecule has 0 aliphatic heterocycles. The Bertz CT molecular complexity index is 97.1. The number of hydrogen-bond donors (Lipinski definition) is 0. The smallest absolute Gasteiger partial charge is 0.345 e. The van der Waals surface area contributed by atoms with Gasteiger partial charge in [-0.25, -0.2) is 0 Å². The van der Waals surface area contributed by atoms with Gasteiger partial charge in [-0.05, 0) is 13.8 Å². The SMILES string of the molecule is [CH2-]CC(=O)N(CC)CC.[CH2-]I.[Zn+2]. The molecule has 1 amide bonds. The van der Waals surface area contributed by atoms with Gasteiger partial charge in [0.15, 0.2) is 5.91 Å². The third kappa shape index (κ3) is 8.92. The second kappa shape index (κ2) is 14.4. The van der Waals surface area contributed by atoms with Crippen molar-refractivity contribution in [1.82, 2.24) is 4.90 Å². The van der Waals surface area contributed by atoms with E-state index in [1.54, 1.807) is 4.90 Å². The van der Waals surface area contributed by atoms with Gasteiger partial charge in [0, 0.05) is 13.1 Å². The summed E-state index contributed by atoms with van der Waals surface area (Å²) in [6, 6.07) is 0. The molecule has 0 heterocycles. The molecule has 0 unspecified atom stereocenters. The molecular formula is C8H16INOZn. The molecule has 0 aromatic rings. The van der Waals surface area contributed by atoms with E-state index in [9.17, 15) is 4.79 Å². The average Bonchev–Trinajstić information content (AvgIpc) is 2.10. The Morgan fingerprint density at radius 3 is 1.75 bits per heavy atom. The van der Waals surface area contributed by atoms with Crippen LogP contribution in [0.25, 0.3) is 0 Å². The van der Waals surface area contributed by atoms with Crippen molar-refractivity contribution in [2.75, 3.05) is 13.1 Å². The number of carbonyl (C=O) groups excluding carboxylic acids is 1. The molecular weight excluding hydrogens is 318 g/mol. The number of carbonyl (C=O) groups is 1. The predicted octanol–water partition coefficient (Wildman–Crippen LogP) is 2.29. The monoisotopic (exact) mass is 333 g/mol. The number of amides is 1. The molecule has 0 rings (SSSR count). The summed E-state index contributed by atoms with van der Waals surface area (Å²) in [5.41, 5.74) is 0. The van der Waals surface area contributed by atoms with Crippen LogP contribution in [0.1, 0.15) is 20.3 Å². The van der Waals surface area contributed by atoms with Crippen molar-refractivity contribution >= 4 is 28.5 Å². The van der Waals surface area contributed by atoms with Crippen LogP contribution < -0.4 is 0 Å². The van der Waals surface area contributed by atoms with E-state index >= 15 is 0 Å². The topological polar surface area (TPSA) is 20.3 Å². The zero-order chi connectivity index (χ0) is 9.28. The molecule has 0 aromatic carbocycles. The number of rotatable bonds is 3. The van der Waals surface area contributed by atoms with Crippen LogP contribution in [-0.4, -0.2) is 23.9 Å². The Hall–Kier alpha value is 0.823. The maximum absolute atomic E-state index is 10.8. The minimum absolute atomic E-state index is 0. The molecule has 0 saturated carbocycles. The van der Waals surface area contributed by atoms with Crippen molar-refractivity contribution < 1.29 is 24.3 Å². The molecule has 0 aliphatic rings. The molecule has 0 bridgehead atoms. The van der Waals surface area contributed by atoms with Crippen molar-refractivity contribution in [3.63, 3.8) is 0 Å². The van der Waals surface area contributed by atoms with E-state index < -0.39 is 0 Å². The summed E-state index contributed by atoms with van der Waals surface area (Å²) in [7, 11) is 0. The Labute approximate surface area is 102 Å². The number of nitrogens with zero attached hydrogens (tertiary/aromatic N) is 1. The molecule has 0 radical (unpaired) electrons. The molecule has 0 atom stereocenters. The van der Waals surface area contributed by atoms with Crippen LogP contribution in [-0.2, 0) is 24.3 Å². The van der Waals surface area contributed by atoms with Crippen molar-refractivity contribution in [3.05, 3.63) is 11.9 Å². The van der Waals surface area contributed by atoms with Crippen LogP contribution in [0.15, 0.2) is 0 Å². The zero-order valence-electron chi connectivity index (χ0n) is 7.98. The molecule has 0 spiro atoms. The first kappa shape index (κ1) is 18.6. The Balaban J connectivity index is -0.000000249. The summed E-state index contributed by atoms with van der Waals surface area (Å²) in [5, 5.41) is 0. The Kier molecular flexibility index (Phi) is 22.2. The molecule has 4 heteroatoms.